The number of methoxy groups -OCH3 is 1. The van der Waals surface area contributed by atoms with Gasteiger partial charge in [0.05, 0.1) is 29.4 Å². The summed E-state index contributed by atoms with van der Waals surface area (Å²) in [5.41, 5.74) is 3.44. The third-order valence-corrected chi connectivity index (χ3v) is 5.87. The van der Waals surface area contributed by atoms with Crippen molar-refractivity contribution >= 4 is 23.4 Å². The van der Waals surface area contributed by atoms with E-state index in [9.17, 15) is 4.79 Å². The number of nitrogens with zero attached hydrogens (tertiary/aromatic N) is 5. The van der Waals surface area contributed by atoms with Crippen molar-refractivity contribution in [3.05, 3.63) is 35.7 Å². The molecule has 0 aliphatic carbocycles. The fraction of sp³-hybridized carbons (Fsp3) is 0.400. The van der Waals surface area contributed by atoms with E-state index in [0.717, 1.165) is 34.2 Å². The second-order valence-electron chi connectivity index (χ2n) is 6.70. The molecular weight excluding hydrogens is 388 g/mol. The normalized spacial score (nSPS) is 12.1. The standard InChI is InChI=1S/C20H26N6O2S/c1-7-26-18(15-8-10-16(28-6)11-9-15)22-23-20(26)29-14(4)19(27)21-17-12(2)24-25(5)13(17)3/h8-11,14H,7H2,1-6H3,(H,21,27)/t14-/m1/s1. The van der Waals surface area contributed by atoms with Gasteiger partial charge in [-0.05, 0) is 52.0 Å². The average Bonchev–Trinajstić information content (AvgIpc) is 3.23. The van der Waals surface area contributed by atoms with Crippen molar-refractivity contribution in [2.75, 3.05) is 12.4 Å². The van der Waals surface area contributed by atoms with Gasteiger partial charge in [-0.15, -0.1) is 10.2 Å². The Morgan fingerprint density at radius 3 is 2.48 bits per heavy atom. The lowest BCUT2D eigenvalue weighted by molar-refractivity contribution is -0.115. The molecule has 0 fully saturated rings. The Kier molecular flexibility index (Phi) is 6.26. The van der Waals surface area contributed by atoms with Crippen molar-refractivity contribution in [3.8, 4) is 17.1 Å². The molecule has 2 aromatic heterocycles. The van der Waals surface area contributed by atoms with Crippen molar-refractivity contribution in [2.45, 2.75) is 44.6 Å². The van der Waals surface area contributed by atoms with E-state index in [4.69, 9.17) is 4.74 Å². The summed E-state index contributed by atoms with van der Waals surface area (Å²) in [5, 5.41) is 16.4. The van der Waals surface area contributed by atoms with Crippen LogP contribution in [0.1, 0.15) is 25.2 Å². The second-order valence-corrected chi connectivity index (χ2v) is 8.01. The number of aryl methyl sites for hydroxylation is 2. The monoisotopic (exact) mass is 414 g/mol. The highest BCUT2D eigenvalue weighted by Crippen LogP contribution is 2.29. The molecule has 2 heterocycles. The van der Waals surface area contributed by atoms with Crippen LogP contribution in [0.5, 0.6) is 5.75 Å². The van der Waals surface area contributed by atoms with Gasteiger partial charge in [-0.3, -0.25) is 9.48 Å². The van der Waals surface area contributed by atoms with Gasteiger partial charge in [-0.1, -0.05) is 11.8 Å². The summed E-state index contributed by atoms with van der Waals surface area (Å²) in [6.07, 6.45) is 0. The van der Waals surface area contributed by atoms with Crippen molar-refractivity contribution in [1.82, 2.24) is 24.5 Å². The van der Waals surface area contributed by atoms with Gasteiger partial charge in [-0.2, -0.15) is 5.10 Å². The largest absolute Gasteiger partial charge is 0.497 e. The number of nitrogens with one attached hydrogen (secondary N) is 1. The van der Waals surface area contributed by atoms with Gasteiger partial charge in [-0.25, -0.2) is 0 Å². The molecule has 0 saturated carbocycles. The molecule has 8 nitrogen and oxygen atoms in total. The lowest BCUT2D eigenvalue weighted by atomic mass is 10.2. The molecule has 0 bridgehead atoms. The molecule has 1 atom stereocenters. The van der Waals surface area contributed by atoms with Gasteiger partial charge < -0.3 is 14.6 Å². The molecular formula is C20H26N6O2S. The predicted molar refractivity (Wildman–Crippen MR) is 114 cm³/mol. The highest BCUT2D eigenvalue weighted by atomic mass is 32.2. The zero-order chi connectivity index (χ0) is 21.1. The van der Waals surface area contributed by atoms with Crippen molar-refractivity contribution < 1.29 is 9.53 Å². The van der Waals surface area contributed by atoms with E-state index in [1.54, 1.807) is 11.8 Å². The lowest BCUT2D eigenvalue weighted by Crippen LogP contribution is -2.23. The minimum atomic E-state index is -0.341. The number of hydrogen-bond donors (Lipinski definition) is 1. The Bertz CT molecular complexity index is 1010. The Morgan fingerprint density at radius 2 is 1.93 bits per heavy atom. The highest BCUT2D eigenvalue weighted by molar-refractivity contribution is 8.00. The molecule has 0 unspecified atom stereocenters. The van der Waals surface area contributed by atoms with E-state index in [1.807, 2.05) is 63.6 Å². The van der Waals surface area contributed by atoms with Crippen molar-refractivity contribution in [1.29, 1.82) is 0 Å². The highest BCUT2D eigenvalue weighted by Gasteiger charge is 2.22. The van der Waals surface area contributed by atoms with Crippen LogP contribution in [0.4, 0.5) is 5.69 Å². The molecule has 9 heteroatoms. The van der Waals surface area contributed by atoms with Crippen LogP contribution in [-0.4, -0.2) is 42.8 Å². The van der Waals surface area contributed by atoms with E-state index in [-0.39, 0.29) is 11.2 Å². The number of rotatable bonds is 7. The maximum absolute atomic E-state index is 12.7. The van der Waals surface area contributed by atoms with E-state index in [0.29, 0.717) is 11.7 Å². The third kappa shape index (κ3) is 4.29. The van der Waals surface area contributed by atoms with E-state index < -0.39 is 0 Å². The number of ether oxygens (including phenoxy) is 1. The summed E-state index contributed by atoms with van der Waals surface area (Å²) < 4.78 is 8.99. The van der Waals surface area contributed by atoms with Gasteiger partial charge in [0.15, 0.2) is 11.0 Å². The number of carbonyl (C=O) groups excluding carboxylic acids is 1. The maximum atomic E-state index is 12.7. The number of anilines is 1. The smallest absolute Gasteiger partial charge is 0.237 e. The Hall–Kier alpha value is -2.81. The van der Waals surface area contributed by atoms with Gasteiger partial charge in [0.25, 0.3) is 0 Å². The fourth-order valence-corrected chi connectivity index (χ4v) is 3.92. The maximum Gasteiger partial charge on any atom is 0.237 e. The summed E-state index contributed by atoms with van der Waals surface area (Å²) in [4.78, 5) is 12.7. The Labute approximate surface area is 174 Å². The van der Waals surface area contributed by atoms with Gasteiger partial charge in [0.1, 0.15) is 5.75 Å². The zero-order valence-corrected chi connectivity index (χ0v) is 18.4. The molecule has 0 radical (unpaired) electrons. The molecule has 0 aliphatic rings. The summed E-state index contributed by atoms with van der Waals surface area (Å²) >= 11 is 1.39. The molecule has 1 N–H and O–H groups in total. The number of aromatic nitrogens is 5. The number of benzene rings is 1. The van der Waals surface area contributed by atoms with Crippen molar-refractivity contribution in [2.24, 2.45) is 7.05 Å². The topological polar surface area (TPSA) is 86.9 Å². The average molecular weight is 415 g/mol. The number of hydrogen-bond acceptors (Lipinski definition) is 6. The van der Waals surface area contributed by atoms with Crippen LogP contribution >= 0.6 is 11.8 Å². The first-order chi connectivity index (χ1) is 13.8. The van der Waals surface area contributed by atoms with Crippen LogP contribution in [0.15, 0.2) is 29.4 Å². The summed E-state index contributed by atoms with van der Waals surface area (Å²) in [6, 6.07) is 7.69. The first-order valence-corrected chi connectivity index (χ1v) is 10.3. The molecule has 1 amide bonds. The fourth-order valence-electron chi connectivity index (χ4n) is 3.01. The third-order valence-electron chi connectivity index (χ3n) is 4.79. The van der Waals surface area contributed by atoms with E-state index in [2.05, 4.69) is 20.6 Å². The first kappa shape index (κ1) is 20.9. The summed E-state index contributed by atoms with van der Waals surface area (Å²) in [5.74, 6) is 1.47. The molecule has 154 valence electrons. The predicted octanol–water partition coefficient (Wildman–Crippen LogP) is 3.44. The van der Waals surface area contributed by atoms with E-state index in [1.165, 1.54) is 11.8 Å². The van der Waals surface area contributed by atoms with Crippen LogP contribution in [-0.2, 0) is 18.4 Å². The number of thioether (sulfide) groups is 1. The van der Waals surface area contributed by atoms with E-state index >= 15 is 0 Å². The van der Waals surface area contributed by atoms with Crippen LogP contribution in [0, 0.1) is 13.8 Å². The number of amides is 1. The SMILES string of the molecule is CCn1c(S[C@H](C)C(=O)Nc2c(C)nn(C)c2C)nnc1-c1ccc(OC)cc1. The van der Waals surface area contributed by atoms with Gasteiger partial charge >= 0.3 is 0 Å². The number of carbonyl (C=O) groups is 1. The zero-order valence-electron chi connectivity index (χ0n) is 17.6. The minimum absolute atomic E-state index is 0.0918. The second kappa shape index (κ2) is 8.69. The molecule has 1 aromatic carbocycles. The quantitative estimate of drug-likeness (QED) is 0.596. The molecule has 0 spiro atoms. The van der Waals surface area contributed by atoms with Gasteiger partial charge in [0.2, 0.25) is 5.91 Å². The molecule has 0 aliphatic heterocycles. The molecule has 3 aromatic rings. The summed E-state index contributed by atoms with van der Waals surface area (Å²) in [6.45, 7) is 8.42. The van der Waals surface area contributed by atoms with Crippen LogP contribution < -0.4 is 10.1 Å². The van der Waals surface area contributed by atoms with Crippen molar-refractivity contribution in [3.63, 3.8) is 0 Å². The molecule has 29 heavy (non-hydrogen) atoms. The Morgan fingerprint density at radius 1 is 1.24 bits per heavy atom. The minimum Gasteiger partial charge on any atom is -0.497 e. The Balaban J connectivity index is 1.77. The van der Waals surface area contributed by atoms with Gasteiger partial charge in [0, 0.05) is 19.2 Å². The van der Waals surface area contributed by atoms with Crippen LogP contribution in [0.2, 0.25) is 0 Å². The first-order valence-electron chi connectivity index (χ1n) is 9.41. The van der Waals surface area contributed by atoms with Crippen LogP contribution in [0.25, 0.3) is 11.4 Å². The lowest BCUT2D eigenvalue weighted by Gasteiger charge is -2.13. The van der Waals surface area contributed by atoms with Crippen LogP contribution in [0.3, 0.4) is 0 Å². The molecule has 0 saturated heterocycles. The summed E-state index contributed by atoms with van der Waals surface area (Å²) in [7, 11) is 3.50. The molecule has 3 rings (SSSR count).